The number of thioether (sulfide) groups is 1. The van der Waals surface area contributed by atoms with Crippen molar-refractivity contribution in [3.05, 3.63) is 83.9 Å². The van der Waals surface area contributed by atoms with E-state index in [-0.39, 0.29) is 0 Å². The summed E-state index contributed by atoms with van der Waals surface area (Å²) in [7, 11) is 0. The second-order valence-corrected chi connectivity index (χ2v) is 8.63. The number of carbonyl (C=O) groups is 1. The number of H-pyrrole nitrogens is 1. The maximum Gasteiger partial charge on any atom is 0.166 e. The molecule has 144 valence electrons. The largest absolute Gasteiger partial charge is 0.333 e. The molecule has 3 aromatic carbocycles. The fourth-order valence-corrected chi connectivity index (χ4v) is 5.37. The Labute approximate surface area is 174 Å². The number of aromatic nitrogens is 2. The lowest BCUT2D eigenvalue weighted by Crippen LogP contribution is -2.27. The van der Waals surface area contributed by atoms with Crippen molar-refractivity contribution >= 4 is 29.1 Å². The van der Waals surface area contributed by atoms with Crippen LogP contribution in [0.25, 0.3) is 22.2 Å². The number of benzene rings is 3. The molecule has 4 heteroatoms. The number of unbranched alkanes of at least 4 members (excludes halogenated alkanes) is 1. The van der Waals surface area contributed by atoms with E-state index in [1.807, 2.05) is 30.3 Å². The highest BCUT2D eigenvalue weighted by Crippen LogP contribution is 2.50. The number of aldehydes is 1. The Morgan fingerprint density at radius 3 is 2.21 bits per heavy atom. The number of aromatic amines is 1. The van der Waals surface area contributed by atoms with Gasteiger partial charge in [-0.1, -0.05) is 78.8 Å². The number of rotatable bonds is 7. The Kier molecular flexibility index (Phi) is 4.72. The third-order valence-electron chi connectivity index (χ3n) is 5.88. The van der Waals surface area contributed by atoms with Crippen LogP contribution in [-0.2, 0) is 10.2 Å². The monoisotopic (exact) mass is 398 g/mol. The number of carbonyl (C=O) groups excluding carboxylic acids is 1. The van der Waals surface area contributed by atoms with Gasteiger partial charge in [-0.15, -0.1) is 0 Å². The minimum absolute atomic E-state index is 0.517. The summed E-state index contributed by atoms with van der Waals surface area (Å²) in [6, 6.07) is 24.8. The molecule has 0 bridgehead atoms. The van der Waals surface area contributed by atoms with E-state index in [1.165, 1.54) is 17.4 Å². The van der Waals surface area contributed by atoms with Gasteiger partial charge in [0.25, 0.3) is 0 Å². The predicted octanol–water partition coefficient (Wildman–Crippen LogP) is 5.99. The van der Waals surface area contributed by atoms with Crippen molar-refractivity contribution in [1.82, 2.24) is 9.97 Å². The minimum atomic E-state index is -0.517. The first-order valence-electron chi connectivity index (χ1n) is 10.0. The lowest BCUT2D eigenvalue weighted by atomic mass is 9.75. The number of para-hydroxylation sites is 2. The van der Waals surface area contributed by atoms with Gasteiger partial charge in [-0.2, -0.15) is 0 Å². The lowest BCUT2D eigenvalue weighted by molar-refractivity contribution is -0.111. The zero-order valence-corrected chi connectivity index (χ0v) is 16.9. The molecule has 0 saturated carbocycles. The van der Waals surface area contributed by atoms with Gasteiger partial charge in [0.1, 0.15) is 6.29 Å². The molecular weight excluding hydrogens is 376 g/mol. The van der Waals surface area contributed by atoms with Gasteiger partial charge in [0.05, 0.1) is 16.4 Å². The Morgan fingerprint density at radius 1 is 0.862 bits per heavy atom. The summed E-state index contributed by atoms with van der Waals surface area (Å²) in [6.07, 6.45) is 4.05. The third-order valence-corrected chi connectivity index (χ3v) is 6.84. The zero-order chi connectivity index (χ0) is 19.7. The van der Waals surface area contributed by atoms with Gasteiger partial charge in [-0.25, -0.2) is 4.98 Å². The number of fused-ring (bicyclic) bond motifs is 4. The van der Waals surface area contributed by atoms with Crippen LogP contribution in [0.5, 0.6) is 0 Å². The quantitative estimate of drug-likeness (QED) is 0.236. The second kappa shape index (κ2) is 7.53. The number of imidazole rings is 1. The summed E-state index contributed by atoms with van der Waals surface area (Å²) < 4.78 is 0. The topological polar surface area (TPSA) is 45.8 Å². The first-order valence-corrected chi connectivity index (χ1v) is 11.0. The van der Waals surface area contributed by atoms with E-state index < -0.39 is 5.41 Å². The number of nitrogens with one attached hydrogen (secondary N) is 1. The highest BCUT2D eigenvalue weighted by atomic mass is 32.2. The summed E-state index contributed by atoms with van der Waals surface area (Å²) in [5.41, 5.74) is 6.28. The summed E-state index contributed by atoms with van der Waals surface area (Å²) in [4.78, 5) is 20.4. The number of hydrogen-bond donors (Lipinski definition) is 1. The summed E-state index contributed by atoms with van der Waals surface area (Å²) in [5, 5.41) is 0.966. The van der Waals surface area contributed by atoms with Crippen LogP contribution in [0.3, 0.4) is 0 Å². The van der Waals surface area contributed by atoms with Gasteiger partial charge in [0.2, 0.25) is 0 Å². The van der Waals surface area contributed by atoms with Crippen LogP contribution in [0.2, 0.25) is 0 Å². The van der Waals surface area contributed by atoms with Gasteiger partial charge in [0, 0.05) is 5.75 Å². The SMILES string of the molecule is O=CC1(CCCCSc2nc3ccccc3[nH]2)c2ccccc2-c2ccccc21. The molecular formula is C25H22N2OS. The fourth-order valence-electron chi connectivity index (χ4n) is 4.49. The smallest absolute Gasteiger partial charge is 0.166 e. The van der Waals surface area contributed by atoms with E-state index in [0.29, 0.717) is 0 Å². The first kappa shape index (κ1) is 18.2. The molecule has 1 heterocycles. The van der Waals surface area contributed by atoms with E-state index in [0.717, 1.165) is 52.3 Å². The van der Waals surface area contributed by atoms with E-state index in [2.05, 4.69) is 52.4 Å². The molecule has 1 aromatic heterocycles. The maximum absolute atomic E-state index is 12.4. The van der Waals surface area contributed by atoms with Gasteiger partial charge >= 0.3 is 0 Å². The molecule has 1 aliphatic rings. The van der Waals surface area contributed by atoms with Crippen LogP contribution in [-0.4, -0.2) is 22.0 Å². The van der Waals surface area contributed by atoms with Crippen molar-refractivity contribution in [3.8, 4) is 11.1 Å². The van der Waals surface area contributed by atoms with Crippen molar-refractivity contribution in [2.24, 2.45) is 0 Å². The van der Waals surface area contributed by atoms with Gasteiger partial charge < -0.3 is 9.78 Å². The Hall–Kier alpha value is -2.85. The molecule has 29 heavy (non-hydrogen) atoms. The first-order chi connectivity index (χ1) is 14.3. The van der Waals surface area contributed by atoms with Crippen molar-refractivity contribution < 1.29 is 4.79 Å². The van der Waals surface area contributed by atoms with E-state index in [1.54, 1.807) is 11.8 Å². The van der Waals surface area contributed by atoms with Crippen LogP contribution in [0.1, 0.15) is 30.4 Å². The highest BCUT2D eigenvalue weighted by Gasteiger charge is 2.42. The normalized spacial score (nSPS) is 13.9. The summed E-state index contributed by atoms with van der Waals surface area (Å²) >= 11 is 1.75. The Bertz CT molecular complexity index is 1100. The van der Waals surface area contributed by atoms with Crippen molar-refractivity contribution in [2.75, 3.05) is 5.75 Å². The van der Waals surface area contributed by atoms with Crippen LogP contribution in [0.4, 0.5) is 0 Å². The molecule has 0 amide bonds. The Balaban J connectivity index is 1.29. The van der Waals surface area contributed by atoms with Crippen molar-refractivity contribution in [2.45, 2.75) is 29.8 Å². The average molecular weight is 399 g/mol. The average Bonchev–Trinajstić information content (AvgIpc) is 3.31. The van der Waals surface area contributed by atoms with Crippen LogP contribution >= 0.6 is 11.8 Å². The molecule has 5 rings (SSSR count). The lowest BCUT2D eigenvalue weighted by Gasteiger charge is -2.25. The van der Waals surface area contributed by atoms with Gasteiger partial charge in [-0.05, 0) is 47.2 Å². The van der Waals surface area contributed by atoms with Crippen molar-refractivity contribution in [3.63, 3.8) is 0 Å². The molecule has 0 aliphatic heterocycles. The second-order valence-electron chi connectivity index (χ2n) is 7.55. The van der Waals surface area contributed by atoms with Gasteiger partial charge in [-0.3, -0.25) is 0 Å². The predicted molar refractivity (Wildman–Crippen MR) is 119 cm³/mol. The molecule has 0 unspecified atom stereocenters. The third kappa shape index (κ3) is 3.08. The molecule has 0 fully saturated rings. The Morgan fingerprint density at radius 2 is 1.52 bits per heavy atom. The molecule has 0 spiro atoms. The van der Waals surface area contributed by atoms with E-state index in [4.69, 9.17) is 0 Å². The summed E-state index contributed by atoms with van der Waals surface area (Å²) in [6.45, 7) is 0. The fraction of sp³-hybridized carbons (Fsp3) is 0.200. The molecule has 0 radical (unpaired) electrons. The van der Waals surface area contributed by atoms with Crippen LogP contribution in [0.15, 0.2) is 78.0 Å². The molecule has 3 nitrogen and oxygen atoms in total. The number of nitrogens with zero attached hydrogens (tertiary/aromatic N) is 1. The molecule has 1 aliphatic carbocycles. The molecule has 0 saturated heterocycles. The molecule has 1 N–H and O–H groups in total. The molecule has 0 atom stereocenters. The maximum atomic E-state index is 12.4. The zero-order valence-electron chi connectivity index (χ0n) is 16.1. The van der Waals surface area contributed by atoms with Crippen molar-refractivity contribution in [1.29, 1.82) is 0 Å². The van der Waals surface area contributed by atoms with Gasteiger partial charge in [0.15, 0.2) is 5.16 Å². The summed E-state index contributed by atoms with van der Waals surface area (Å²) in [5.74, 6) is 0.984. The highest BCUT2D eigenvalue weighted by molar-refractivity contribution is 7.99. The van der Waals surface area contributed by atoms with Crippen LogP contribution in [0, 0.1) is 0 Å². The van der Waals surface area contributed by atoms with E-state index >= 15 is 0 Å². The van der Waals surface area contributed by atoms with Crippen LogP contribution < -0.4 is 0 Å². The molecule has 4 aromatic rings. The minimum Gasteiger partial charge on any atom is -0.333 e. The number of hydrogen-bond acceptors (Lipinski definition) is 3. The van der Waals surface area contributed by atoms with E-state index in [9.17, 15) is 4.79 Å². The standard InChI is InChI=1S/C25H22N2OS/c28-17-25(20-11-3-1-9-18(20)19-10-2-4-12-21(19)25)15-7-8-16-29-24-26-22-13-5-6-14-23(22)27-24/h1-6,9-14,17H,7-8,15-16H2,(H,26,27).